The molecule has 2 amide bonds. The second kappa shape index (κ2) is 10.2. The number of likely N-dealkylation sites (tertiary alicyclic amines) is 1. The Morgan fingerprint density at radius 1 is 1.07 bits per heavy atom. The number of hydrogen-bond donors (Lipinski definition) is 1. The maximum Gasteiger partial charge on any atom is 0.456 e. The molecule has 4 aromatic rings. The zero-order chi connectivity index (χ0) is 30.8. The number of hydrogen-bond acceptors (Lipinski definition) is 7. The van der Waals surface area contributed by atoms with E-state index in [1.54, 1.807) is 32.0 Å². The highest BCUT2D eigenvalue weighted by Crippen LogP contribution is 2.59. The largest absolute Gasteiger partial charge is 0.456 e. The van der Waals surface area contributed by atoms with E-state index < -0.39 is 42.1 Å². The van der Waals surface area contributed by atoms with Crippen molar-refractivity contribution in [3.05, 3.63) is 64.4 Å². The molecule has 1 N–H and O–H groups in total. The van der Waals surface area contributed by atoms with Gasteiger partial charge in [0.1, 0.15) is 34.5 Å². The van der Waals surface area contributed by atoms with E-state index in [1.807, 2.05) is 6.92 Å². The molecule has 43 heavy (non-hydrogen) atoms. The Morgan fingerprint density at radius 2 is 1.79 bits per heavy atom. The Labute approximate surface area is 251 Å². The Bertz CT molecular complexity index is 1810. The van der Waals surface area contributed by atoms with Gasteiger partial charge in [0.15, 0.2) is 0 Å². The molecular formula is C29H25BrF3N7O3. The van der Waals surface area contributed by atoms with E-state index in [0.29, 0.717) is 40.2 Å². The molecule has 3 aromatic heterocycles. The fourth-order valence-corrected chi connectivity index (χ4v) is 6.03. The molecule has 0 bridgehead atoms. The van der Waals surface area contributed by atoms with Crippen LogP contribution >= 0.6 is 15.9 Å². The van der Waals surface area contributed by atoms with Crippen molar-refractivity contribution >= 4 is 50.2 Å². The highest BCUT2D eigenvalue weighted by atomic mass is 79.9. The predicted octanol–water partition coefficient (Wildman–Crippen LogP) is 5.03. The van der Waals surface area contributed by atoms with Gasteiger partial charge in [-0.2, -0.15) is 18.3 Å². The van der Waals surface area contributed by atoms with Crippen molar-refractivity contribution in [2.75, 3.05) is 5.32 Å². The van der Waals surface area contributed by atoms with Gasteiger partial charge in [0, 0.05) is 29.4 Å². The second-order valence-corrected chi connectivity index (χ2v) is 12.1. The zero-order valence-corrected chi connectivity index (χ0v) is 24.8. The molecule has 3 atom stereocenters. The van der Waals surface area contributed by atoms with Crippen molar-refractivity contribution < 1.29 is 27.6 Å². The summed E-state index contributed by atoms with van der Waals surface area (Å²) in [6, 6.07) is 7.10. The first kappa shape index (κ1) is 28.9. The Kier molecular flexibility index (Phi) is 6.86. The number of ketones is 1. The van der Waals surface area contributed by atoms with Crippen molar-refractivity contribution in [1.82, 2.24) is 29.6 Å². The number of aryl methyl sites for hydroxylation is 2. The molecule has 1 aromatic carbocycles. The molecule has 222 valence electrons. The van der Waals surface area contributed by atoms with Crippen LogP contribution in [0.25, 0.3) is 22.0 Å². The molecule has 6 rings (SSSR count). The number of amides is 2. The number of anilines is 1. The van der Waals surface area contributed by atoms with Gasteiger partial charge in [-0.05, 0) is 77.4 Å². The molecule has 1 saturated heterocycles. The molecule has 1 unspecified atom stereocenters. The minimum atomic E-state index is -5.17. The highest BCUT2D eigenvalue weighted by molar-refractivity contribution is 9.10. The fraction of sp³-hybridized carbons (Fsp3) is 0.345. The molecule has 1 aliphatic carbocycles. The smallest absolute Gasteiger partial charge is 0.325 e. The second-order valence-electron chi connectivity index (χ2n) is 11.3. The van der Waals surface area contributed by atoms with Crippen LogP contribution in [0.4, 0.5) is 19.0 Å². The van der Waals surface area contributed by atoms with Crippen molar-refractivity contribution in [3.8, 4) is 11.1 Å². The van der Waals surface area contributed by atoms with Crippen LogP contribution in [0, 0.1) is 19.3 Å². The first-order chi connectivity index (χ1) is 20.2. The fourth-order valence-electron chi connectivity index (χ4n) is 5.72. The molecule has 2 aliphatic rings. The summed E-state index contributed by atoms with van der Waals surface area (Å²) in [6.07, 6.45) is -0.984. The van der Waals surface area contributed by atoms with E-state index in [0.717, 1.165) is 10.2 Å². The lowest BCUT2D eigenvalue weighted by Gasteiger charge is -2.27. The summed E-state index contributed by atoms with van der Waals surface area (Å²) in [6.45, 7) is 5.03. The minimum absolute atomic E-state index is 0.0589. The number of carbonyl (C=O) groups excluding carboxylic acids is 3. The van der Waals surface area contributed by atoms with Crippen molar-refractivity contribution in [1.29, 1.82) is 0 Å². The minimum Gasteiger partial charge on any atom is -0.325 e. The predicted molar refractivity (Wildman–Crippen MR) is 153 cm³/mol. The number of Topliss-reactive ketones (excluding diaryl/α,β-unsaturated/α-hetero) is 1. The number of nitrogens with zero attached hydrogens (tertiary/aromatic N) is 6. The van der Waals surface area contributed by atoms with E-state index in [2.05, 4.69) is 41.3 Å². The number of alkyl halides is 3. The Balaban J connectivity index is 1.33. The van der Waals surface area contributed by atoms with Crippen LogP contribution in [-0.4, -0.2) is 65.5 Å². The third-order valence-electron chi connectivity index (χ3n) is 8.15. The number of fused-ring (bicyclic) bond motifs is 2. The molecule has 4 heterocycles. The number of aromatic nitrogens is 5. The van der Waals surface area contributed by atoms with Crippen molar-refractivity contribution in [2.24, 2.45) is 5.41 Å². The maximum atomic E-state index is 13.8. The number of nitrogens with one attached hydrogen (secondary N) is 1. The Hall–Kier alpha value is -4.20. The first-order valence-corrected chi connectivity index (χ1v) is 14.2. The van der Waals surface area contributed by atoms with Gasteiger partial charge >= 0.3 is 6.18 Å². The highest BCUT2D eigenvalue weighted by Gasteiger charge is 2.64. The van der Waals surface area contributed by atoms with Crippen LogP contribution < -0.4 is 5.32 Å². The lowest BCUT2D eigenvalue weighted by Crippen LogP contribution is -2.47. The number of piperidine rings is 1. The number of carbonyl (C=O) groups is 3. The summed E-state index contributed by atoms with van der Waals surface area (Å²) in [4.78, 5) is 53.6. The van der Waals surface area contributed by atoms with E-state index >= 15 is 0 Å². The lowest BCUT2D eigenvalue weighted by molar-refractivity contribution is -0.138. The van der Waals surface area contributed by atoms with Crippen molar-refractivity contribution in [2.45, 2.75) is 58.4 Å². The Morgan fingerprint density at radius 3 is 2.49 bits per heavy atom. The molecule has 0 radical (unpaired) electrons. The van der Waals surface area contributed by atoms with E-state index in [-0.39, 0.29) is 22.4 Å². The van der Waals surface area contributed by atoms with Crippen molar-refractivity contribution in [3.63, 3.8) is 0 Å². The normalized spacial score (nSPS) is 21.1. The topological polar surface area (TPSA) is 123 Å². The quantitative estimate of drug-likeness (QED) is 0.228. The van der Waals surface area contributed by atoms with Crippen LogP contribution in [0.5, 0.6) is 0 Å². The number of pyridine rings is 1. The molecule has 1 saturated carbocycles. The summed E-state index contributed by atoms with van der Waals surface area (Å²) in [5.41, 5.74) is 0.877. The molecule has 2 fully saturated rings. The van der Waals surface area contributed by atoms with Crippen LogP contribution in [0.15, 0.2) is 47.3 Å². The average Bonchev–Trinajstić information content (AvgIpc) is 3.32. The van der Waals surface area contributed by atoms with Crippen LogP contribution in [0.3, 0.4) is 0 Å². The SMILES string of the molecule is Cc1ncc(-c2ccc3c(c2)c(C(=O)C(F)(F)F)nn3CC(=O)N2C3C[C@]3(C)C[C@H]2C(=O)Nc2nc(Br)ccc2C)cn1. The molecule has 10 nitrogen and oxygen atoms in total. The van der Waals surface area contributed by atoms with Gasteiger partial charge in [0.2, 0.25) is 11.8 Å². The van der Waals surface area contributed by atoms with Crippen LogP contribution in [0.1, 0.15) is 41.6 Å². The van der Waals surface area contributed by atoms with Gasteiger partial charge in [-0.15, -0.1) is 0 Å². The monoisotopic (exact) mass is 655 g/mol. The summed E-state index contributed by atoms with van der Waals surface area (Å²) < 4.78 is 42.4. The van der Waals surface area contributed by atoms with E-state index in [4.69, 9.17) is 0 Å². The third kappa shape index (κ3) is 5.28. The van der Waals surface area contributed by atoms with E-state index in [9.17, 15) is 27.6 Å². The summed E-state index contributed by atoms with van der Waals surface area (Å²) in [5, 5.41) is 6.74. The van der Waals surface area contributed by atoms with Gasteiger partial charge < -0.3 is 10.2 Å². The van der Waals surface area contributed by atoms with Gasteiger partial charge in [-0.1, -0.05) is 19.1 Å². The van der Waals surface area contributed by atoms with E-state index in [1.165, 1.54) is 29.4 Å². The maximum absolute atomic E-state index is 13.8. The zero-order valence-electron chi connectivity index (χ0n) is 23.2. The average molecular weight is 656 g/mol. The lowest BCUT2D eigenvalue weighted by atomic mass is 10.0. The van der Waals surface area contributed by atoms with Gasteiger partial charge in [0.05, 0.1) is 5.52 Å². The summed E-state index contributed by atoms with van der Waals surface area (Å²) in [5.74, 6) is -2.13. The molecular weight excluding hydrogens is 631 g/mol. The first-order valence-electron chi connectivity index (χ1n) is 13.4. The van der Waals surface area contributed by atoms with Gasteiger partial charge in [-0.3, -0.25) is 19.1 Å². The number of halogens is 4. The molecule has 0 spiro atoms. The molecule has 1 aliphatic heterocycles. The molecule has 14 heteroatoms. The van der Waals surface area contributed by atoms with Gasteiger partial charge in [0.25, 0.3) is 5.78 Å². The number of benzene rings is 1. The van der Waals surface area contributed by atoms with Gasteiger partial charge in [-0.25, -0.2) is 15.0 Å². The van der Waals surface area contributed by atoms with Crippen LogP contribution in [-0.2, 0) is 16.1 Å². The van der Waals surface area contributed by atoms with Crippen LogP contribution in [0.2, 0.25) is 0 Å². The third-order valence-corrected chi connectivity index (χ3v) is 8.59. The number of rotatable bonds is 6. The summed E-state index contributed by atoms with van der Waals surface area (Å²) in [7, 11) is 0. The summed E-state index contributed by atoms with van der Waals surface area (Å²) >= 11 is 3.29. The standard InChI is InChI=1S/C29H25BrF3N7O3/c1-14-4-7-22(30)36-26(14)37-27(43)20-9-28(3)10-21(28)40(20)23(41)13-39-19-6-5-16(17-11-34-15(2)35-12-17)8-18(19)24(38-39)25(42)29(31,32)33/h4-8,11-12,20-21H,9-10,13H2,1-3H3,(H,36,37,43)/t20-,21?,28-/m0/s1.